The molecule has 6 nitrogen and oxygen atoms in total. The monoisotopic (exact) mass is 410 g/mol. The number of hydrogen-bond acceptors (Lipinski definition) is 4. The molecule has 0 bridgehead atoms. The van der Waals surface area contributed by atoms with Gasteiger partial charge < -0.3 is 20.1 Å². The molecule has 0 saturated heterocycles. The Kier molecular flexibility index (Phi) is 8.23. The predicted molar refractivity (Wildman–Crippen MR) is 105 cm³/mol. The summed E-state index contributed by atoms with van der Waals surface area (Å²) in [5.41, 5.74) is 0. The molecule has 0 radical (unpaired) electrons. The van der Waals surface area contributed by atoms with Gasteiger partial charge in [-0.05, 0) is 55.5 Å². The van der Waals surface area contributed by atoms with Crippen LogP contribution in [0.5, 0.6) is 11.5 Å². The van der Waals surface area contributed by atoms with Gasteiger partial charge in [0.15, 0.2) is 12.7 Å². The fraction of sp³-hybridized carbons (Fsp3) is 0.263. The molecule has 1 unspecified atom stereocenters. The molecule has 2 N–H and O–H groups in total. The third-order valence-corrected chi connectivity index (χ3v) is 3.93. The van der Waals surface area contributed by atoms with E-state index in [0.717, 1.165) is 0 Å². The summed E-state index contributed by atoms with van der Waals surface area (Å²) in [6.45, 7) is 2.08. The number of hydrogen-bond donors (Lipinski definition) is 2. The van der Waals surface area contributed by atoms with Gasteiger partial charge in [-0.3, -0.25) is 9.59 Å². The van der Waals surface area contributed by atoms with Crippen molar-refractivity contribution in [2.24, 2.45) is 0 Å². The molecule has 2 aromatic rings. The van der Waals surface area contributed by atoms with Gasteiger partial charge in [-0.25, -0.2) is 0 Å². The number of amides is 2. The minimum atomic E-state index is -0.671. The number of halogens is 2. The molecule has 2 amide bonds. The highest BCUT2D eigenvalue weighted by atomic mass is 35.5. The first kappa shape index (κ1) is 20.9. The number of rotatable bonds is 9. The lowest BCUT2D eigenvalue weighted by atomic mass is 10.3. The van der Waals surface area contributed by atoms with Crippen molar-refractivity contribution in [2.75, 3.05) is 19.7 Å². The summed E-state index contributed by atoms with van der Waals surface area (Å²) in [4.78, 5) is 23.7. The zero-order valence-corrected chi connectivity index (χ0v) is 16.2. The predicted octanol–water partition coefficient (Wildman–Crippen LogP) is 3.07. The lowest BCUT2D eigenvalue weighted by Gasteiger charge is -2.15. The lowest BCUT2D eigenvalue weighted by Crippen LogP contribution is -2.41. The molecule has 0 saturated carbocycles. The third kappa shape index (κ3) is 7.76. The Balaban J connectivity index is 1.60. The van der Waals surface area contributed by atoms with Gasteiger partial charge in [-0.1, -0.05) is 23.2 Å². The maximum atomic E-state index is 12.0. The molecule has 27 heavy (non-hydrogen) atoms. The van der Waals surface area contributed by atoms with Crippen LogP contribution in [0.25, 0.3) is 0 Å². The van der Waals surface area contributed by atoms with E-state index in [9.17, 15) is 9.59 Å². The largest absolute Gasteiger partial charge is 0.484 e. The average molecular weight is 411 g/mol. The first-order chi connectivity index (χ1) is 12.9. The molecule has 0 aliphatic heterocycles. The fourth-order valence-electron chi connectivity index (χ4n) is 2.03. The van der Waals surface area contributed by atoms with Gasteiger partial charge in [0.25, 0.3) is 11.8 Å². The van der Waals surface area contributed by atoms with Crippen molar-refractivity contribution in [1.82, 2.24) is 10.6 Å². The van der Waals surface area contributed by atoms with Gasteiger partial charge in [0.2, 0.25) is 0 Å². The van der Waals surface area contributed by atoms with E-state index in [1.54, 1.807) is 55.5 Å². The van der Waals surface area contributed by atoms with Gasteiger partial charge in [0.1, 0.15) is 11.5 Å². The minimum absolute atomic E-state index is 0.119. The number of carbonyl (C=O) groups is 2. The van der Waals surface area contributed by atoms with Crippen LogP contribution in [0.4, 0.5) is 0 Å². The first-order valence-corrected chi connectivity index (χ1v) is 9.04. The van der Waals surface area contributed by atoms with Crippen LogP contribution in [0.2, 0.25) is 10.0 Å². The Hall–Kier alpha value is -2.44. The van der Waals surface area contributed by atoms with Crippen molar-refractivity contribution in [3.8, 4) is 11.5 Å². The molecular weight excluding hydrogens is 391 g/mol. The number of carbonyl (C=O) groups excluding carboxylic acids is 2. The molecule has 1 atom stereocenters. The Morgan fingerprint density at radius 2 is 1.41 bits per heavy atom. The van der Waals surface area contributed by atoms with E-state index >= 15 is 0 Å². The molecule has 8 heteroatoms. The van der Waals surface area contributed by atoms with Crippen LogP contribution in [-0.2, 0) is 9.59 Å². The van der Waals surface area contributed by atoms with Crippen molar-refractivity contribution >= 4 is 35.0 Å². The van der Waals surface area contributed by atoms with E-state index in [-0.39, 0.29) is 31.5 Å². The van der Waals surface area contributed by atoms with Crippen LogP contribution < -0.4 is 20.1 Å². The van der Waals surface area contributed by atoms with E-state index in [4.69, 9.17) is 32.7 Å². The maximum Gasteiger partial charge on any atom is 0.260 e. The quantitative estimate of drug-likeness (QED) is 0.622. The molecule has 2 aromatic carbocycles. The molecule has 0 heterocycles. The van der Waals surface area contributed by atoms with Crippen LogP contribution in [-0.4, -0.2) is 37.6 Å². The molecule has 0 aliphatic rings. The second-order valence-electron chi connectivity index (χ2n) is 5.60. The zero-order valence-electron chi connectivity index (χ0n) is 14.7. The molecular formula is C19H20Cl2N2O4. The second kappa shape index (κ2) is 10.6. The van der Waals surface area contributed by atoms with E-state index in [1.807, 2.05) is 0 Å². The van der Waals surface area contributed by atoms with Crippen molar-refractivity contribution in [3.63, 3.8) is 0 Å². The summed E-state index contributed by atoms with van der Waals surface area (Å²) in [7, 11) is 0. The van der Waals surface area contributed by atoms with Crippen LogP contribution in [0.1, 0.15) is 6.92 Å². The number of benzene rings is 2. The summed E-state index contributed by atoms with van der Waals surface area (Å²) in [5.74, 6) is 0.534. The molecule has 2 rings (SSSR count). The van der Waals surface area contributed by atoms with E-state index in [2.05, 4.69) is 10.6 Å². The smallest absolute Gasteiger partial charge is 0.260 e. The van der Waals surface area contributed by atoms with Crippen LogP contribution >= 0.6 is 23.2 Å². The lowest BCUT2D eigenvalue weighted by molar-refractivity contribution is -0.127. The van der Waals surface area contributed by atoms with Crippen LogP contribution in [0, 0.1) is 0 Å². The summed E-state index contributed by atoms with van der Waals surface area (Å²) in [5, 5.41) is 6.53. The SMILES string of the molecule is CC(Oc1ccc(Cl)cc1)C(=O)NCCNC(=O)COc1ccc(Cl)cc1. The van der Waals surface area contributed by atoms with E-state index in [1.165, 1.54) is 0 Å². The Bertz CT molecular complexity index is 751. The van der Waals surface area contributed by atoms with Crippen LogP contribution in [0.3, 0.4) is 0 Å². The Morgan fingerprint density at radius 3 is 2.00 bits per heavy atom. The third-order valence-electron chi connectivity index (χ3n) is 3.43. The van der Waals surface area contributed by atoms with Crippen molar-refractivity contribution in [3.05, 3.63) is 58.6 Å². The number of ether oxygens (including phenoxy) is 2. The molecule has 0 fully saturated rings. The van der Waals surface area contributed by atoms with Gasteiger partial charge in [-0.2, -0.15) is 0 Å². The molecule has 0 aromatic heterocycles. The van der Waals surface area contributed by atoms with E-state index < -0.39 is 6.10 Å². The normalized spacial score (nSPS) is 11.4. The maximum absolute atomic E-state index is 12.0. The standard InChI is InChI=1S/C19H20Cl2N2O4/c1-13(27-17-8-4-15(21)5-9-17)19(25)23-11-10-22-18(24)12-26-16-6-2-14(20)3-7-16/h2-9,13H,10-12H2,1H3,(H,22,24)(H,23,25). The average Bonchev–Trinajstić information content (AvgIpc) is 2.66. The molecule has 144 valence electrons. The topological polar surface area (TPSA) is 76.7 Å². The summed E-state index contributed by atoms with van der Waals surface area (Å²) in [6.07, 6.45) is -0.671. The highest BCUT2D eigenvalue weighted by Crippen LogP contribution is 2.17. The highest BCUT2D eigenvalue weighted by Gasteiger charge is 2.14. The Morgan fingerprint density at radius 1 is 0.889 bits per heavy atom. The molecule has 0 aliphatic carbocycles. The highest BCUT2D eigenvalue weighted by molar-refractivity contribution is 6.30. The second-order valence-corrected chi connectivity index (χ2v) is 6.47. The van der Waals surface area contributed by atoms with Crippen molar-refractivity contribution in [2.45, 2.75) is 13.0 Å². The Labute approximate surface area is 167 Å². The summed E-state index contributed by atoms with van der Waals surface area (Å²) in [6, 6.07) is 13.5. The summed E-state index contributed by atoms with van der Waals surface area (Å²) < 4.78 is 10.8. The van der Waals surface area contributed by atoms with Gasteiger partial charge in [-0.15, -0.1) is 0 Å². The first-order valence-electron chi connectivity index (χ1n) is 8.29. The van der Waals surface area contributed by atoms with Gasteiger partial charge in [0, 0.05) is 23.1 Å². The summed E-state index contributed by atoms with van der Waals surface area (Å²) >= 11 is 11.6. The zero-order chi connectivity index (χ0) is 19.6. The van der Waals surface area contributed by atoms with Gasteiger partial charge >= 0.3 is 0 Å². The van der Waals surface area contributed by atoms with Crippen molar-refractivity contribution < 1.29 is 19.1 Å². The van der Waals surface area contributed by atoms with E-state index in [0.29, 0.717) is 21.5 Å². The minimum Gasteiger partial charge on any atom is -0.484 e. The van der Waals surface area contributed by atoms with Gasteiger partial charge in [0.05, 0.1) is 0 Å². The molecule has 0 spiro atoms. The van der Waals surface area contributed by atoms with Crippen molar-refractivity contribution in [1.29, 1.82) is 0 Å². The fourth-order valence-corrected chi connectivity index (χ4v) is 2.28. The van der Waals surface area contributed by atoms with Crippen LogP contribution in [0.15, 0.2) is 48.5 Å². The number of nitrogens with one attached hydrogen (secondary N) is 2.